The van der Waals surface area contributed by atoms with Gasteiger partial charge < -0.3 is 10.2 Å². The van der Waals surface area contributed by atoms with Crippen molar-refractivity contribution in [3.05, 3.63) is 68.6 Å². The van der Waals surface area contributed by atoms with E-state index in [-0.39, 0.29) is 11.8 Å². The molecule has 2 rings (SSSR count). The fourth-order valence-electron chi connectivity index (χ4n) is 2.61. The summed E-state index contributed by atoms with van der Waals surface area (Å²) >= 11 is 8.41. The summed E-state index contributed by atoms with van der Waals surface area (Å²) in [5, 5.41) is 2.81. The molecule has 7 heteroatoms. The van der Waals surface area contributed by atoms with Gasteiger partial charge in [-0.2, -0.15) is 0 Å². The van der Waals surface area contributed by atoms with Gasteiger partial charge in [-0.1, -0.05) is 56.1 Å². The molecule has 0 radical (unpaired) electrons. The molecule has 0 fully saturated rings. The molecule has 1 N–H and O–H groups in total. The van der Waals surface area contributed by atoms with Crippen molar-refractivity contribution in [1.82, 2.24) is 10.2 Å². The van der Waals surface area contributed by atoms with Gasteiger partial charge in [0.15, 0.2) is 0 Å². The van der Waals surface area contributed by atoms with Crippen LogP contribution in [0, 0.1) is 0 Å². The molecule has 1 atom stereocenters. The van der Waals surface area contributed by atoms with Crippen LogP contribution < -0.4 is 5.32 Å². The molecule has 2 aromatic rings. The van der Waals surface area contributed by atoms with Crippen LogP contribution in [-0.2, 0) is 21.9 Å². The molecule has 0 bridgehead atoms. The smallest absolute Gasteiger partial charge is 0.242 e. The van der Waals surface area contributed by atoms with E-state index in [1.54, 1.807) is 23.6 Å². The normalized spacial score (nSPS) is 11.7. The second-order valence-electron chi connectivity index (χ2n) is 6.34. The maximum absolute atomic E-state index is 12.9. The number of carbonyl (C=O) groups excluding carboxylic acids is 2. The third-order valence-corrected chi connectivity index (χ3v) is 6.24. The monoisotopic (exact) mass is 526 g/mol. The van der Waals surface area contributed by atoms with Crippen LogP contribution in [0.5, 0.6) is 0 Å². The van der Waals surface area contributed by atoms with E-state index in [1.807, 2.05) is 55.5 Å². The van der Waals surface area contributed by atoms with E-state index in [9.17, 15) is 9.59 Å². The Kier molecular flexibility index (Phi) is 9.55. The van der Waals surface area contributed by atoms with Crippen molar-refractivity contribution in [2.45, 2.75) is 32.2 Å². The minimum absolute atomic E-state index is 0.0382. The summed E-state index contributed by atoms with van der Waals surface area (Å²) in [5.74, 6) is 0.909. The standard InChI is InChI=1S/C21H24Br2N2O2S/c1-3-24-21(27)15(2)25(12-16-4-8-18(22)9-5-16)20(26)14-28-13-17-6-10-19(23)11-7-17/h4-11,15H,3,12-14H2,1-2H3,(H,24,27). The van der Waals surface area contributed by atoms with E-state index in [1.165, 1.54) is 0 Å². The molecule has 28 heavy (non-hydrogen) atoms. The van der Waals surface area contributed by atoms with E-state index < -0.39 is 6.04 Å². The molecule has 1 unspecified atom stereocenters. The first-order valence-corrected chi connectivity index (χ1v) is 11.8. The first-order valence-electron chi connectivity index (χ1n) is 9.04. The molecule has 0 aliphatic heterocycles. The van der Waals surface area contributed by atoms with Crippen molar-refractivity contribution in [3.8, 4) is 0 Å². The van der Waals surface area contributed by atoms with Crippen molar-refractivity contribution in [3.63, 3.8) is 0 Å². The second kappa shape index (κ2) is 11.6. The topological polar surface area (TPSA) is 49.4 Å². The van der Waals surface area contributed by atoms with Crippen LogP contribution in [0.4, 0.5) is 0 Å². The predicted octanol–water partition coefficient (Wildman–Crippen LogP) is 5.00. The molecule has 0 spiro atoms. The van der Waals surface area contributed by atoms with Gasteiger partial charge in [-0.15, -0.1) is 11.8 Å². The number of nitrogens with zero attached hydrogens (tertiary/aromatic N) is 1. The molecular formula is C21H24Br2N2O2S. The van der Waals surface area contributed by atoms with Crippen LogP contribution >= 0.6 is 43.6 Å². The van der Waals surface area contributed by atoms with Gasteiger partial charge in [-0.25, -0.2) is 0 Å². The van der Waals surface area contributed by atoms with Crippen LogP contribution in [0.2, 0.25) is 0 Å². The third-order valence-electron chi connectivity index (χ3n) is 4.19. The number of amides is 2. The third kappa shape index (κ3) is 7.26. The second-order valence-corrected chi connectivity index (χ2v) is 9.15. The Balaban J connectivity index is 2.03. The van der Waals surface area contributed by atoms with E-state index in [2.05, 4.69) is 37.2 Å². The zero-order valence-electron chi connectivity index (χ0n) is 16.0. The number of nitrogens with one attached hydrogen (secondary N) is 1. The molecule has 0 saturated carbocycles. The quantitative estimate of drug-likeness (QED) is 0.499. The Hall–Kier alpha value is -1.31. The van der Waals surface area contributed by atoms with Gasteiger partial charge in [0.1, 0.15) is 6.04 Å². The van der Waals surface area contributed by atoms with Gasteiger partial charge in [-0.05, 0) is 49.2 Å². The largest absolute Gasteiger partial charge is 0.355 e. The molecule has 4 nitrogen and oxygen atoms in total. The number of hydrogen-bond acceptors (Lipinski definition) is 3. The number of hydrogen-bond donors (Lipinski definition) is 1. The molecule has 2 aromatic carbocycles. The number of thioether (sulfide) groups is 1. The lowest BCUT2D eigenvalue weighted by Crippen LogP contribution is -2.48. The van der Waals surface area contributed by atoms with Gasteiger partial charge in [0.05, 0.1) is 5.75 Å². The number of benzene rings is 2. The molecule has 150 valence electrons. The average molecular weight is 528 g/mol. The predicted molar refractivity (Wildman–Crippen MR) is 123 cm³/mol. The van der Waals surface area contributed by atoms with Crippen LogP contribution in [0.3, 0.4) is 0 Å². The Bertz CT molecular complexity index is 782. The molecule has 2 amide bonds. The maximum atomic E-state index is 12.9. The highest BCUT2D eigenvalue weighted by Crippen LogP contribution is 2.18. The summed E-state index contributed by atoms with van der Waals surface area (Å²) in [5.41, 5.74) is 2.16. The van der Waals surface area contributed by atoms with E-state index in [0.717, 1.165) is 25.8 Å². The molecule has 0 aliphatic carbocycles. The zero-order valence-corrected chi connectivity index (χ0v) is 19.9. The summed E-state index contributed by atoms with van der Waals surface area (Å²) < 4.78 is 2.02. The van der Waals surface area contributed by atoms with Crippen molar-refractivity contribution in [2.75, 3.05) is 12.3 Å². The lowest BCUT2D eigenvalue weighted by molar-refractivity contribution is -0.138. The Morgan fingerprint density at radius 2 is 1.54 bits per heavy atom. The summed E-state index contributed by atoms with van der Waals surface area (Å²) in [7, 11) is 0. The lowest BCUT2D eigenvalue weighted by Gasteiger charge is -2.28. The van der Waals surface area contributed by atoms with Gasteiger partial charge in [-0.3, -0.25) is 9.59 Å². The molecule has 0 heterocycles. The minimum Gasteiger partial charge on any atom is -0.355 e. The molecule has 0 saturated heterocycles. The molecular weight excluding hydrogens is 504 g/mol. The number of likely N-dealkylation sites (N-methyl/N-ethyl adjacent to an activating group) is 1. The number of carbonyl (C=O) groups is 2. The first-order chi connectivity index (χ1) is 13.4. The minimum atomic E-state index is -0.524. The molecule has 0 aromatic heterocycles. The summed E-state index contributed by atoms with van der Waals surface area (Å²) in [6, 6.07) is 15.4. The van der Waals surface area contributed by atoms with Crippen molar-refractivity contribution in [2.24, 2.45) is 0 Å². The average Bonchev–Trinajstić information content (AvgIpc) is 2.68. The van der Waals surface area contributed by atoms with E-state index in [0.29, 0.717) is 18.8 Å². The van der Waals surface area contributed by atoms with Crippen LogP contribution in [0.15, 0.2) is 57.5 Å². The van der Waals surface area contributed by atoms with Crippen LogP contribution in [0.1, 0.15) is 25.0 Å². The Morgan fingerprint density at radius 1 is 1.00 bits per heavy atom. The number of halogens is 2. The SMILES string of the molecule is CCNC(=O)C(C)N(Cc1ccc(Br)cc1)C(=O)CSCc1ccc(Br)cc1. The fourth-order valence-corrected chi connectivity index (χ4v) is 4.01. The fraction of sp³-hybridized carbons (Fsp3) is 0.333. The van der Waals surface area contributed by atoms with Crippen molar-refractivity contribution < 1.29 is 9.59 Å². The zero-order chi connectivity index (χ0) is 20.5. The van der Waals surface area contributed by atoms with Crippen LogP contribution in [0.25, 0.3) is 0 Å². The summed E-state index contributed by atoms with van der Waals surface area (Å²) in [6.45, 7) is 4.60. The van der Waals surface area contributed by atoms with Gasteiger partial charge in [0.25, 0.3) is 0 Å². The van der Waals surface area contributed by atoms with Gasteiger partial charge >= 0.3 is 0 Å². The van der Waals surface area contributed by atoms with Crippen molar-refractivity contribution >= 4 is 55.4 Å². The van der Waals surface area contributed by atoms with Crippen LogP contribution in [-0.4, -0.2) is 35.1 Å². The first kappa shape index (κ1) is 23.0. The van der Waals surface area contributed by atoms with Gasteiger partial charge in [0, 0.05) is 27.8 Å². The highest BCUT2D eigenvalue weighted by Gasteiger charge is 2.25. The lowest BCUT2D eigenvalue weighted by atomic mass is 10.1. The Labute approximate surface area is 187 Å². The Morgan fingerprint density at radius 3 is 2.07 bits per heavy atom. The van der Waals surface area contributed by atoms with E-state index in [4.69, 9.17) is 0 Å². The maximum Gasteiger partial charge on any atom is 0.242 e. The van der Waals surface area contributed by atoms with Gasteiger partial charge in [0.2, 0.25) is 11.8 Å². The van der Waals surface area contributed by atoms with Crippen molar-refractivity contribution in [1.29, 1.82) is 0 Å². The summed E-state index contributed by atoms with van der Waals surface area (Å²) in [6.07, 6.45) is 0. The molecule has 0 aliphatic rings. The summed E-state index contributed by atoms with van der Waals surface area (Å²) in [4.78, 5) is 26.9. The number of rotatable bonds is 9. The highest BCUT2D eigenvalue weighted by atomic mass is 79.9. The highest BCUT2D eigenvalue weighted by molar-refractivity contribution is 9.10. The van der Waals surface area contributed by atoms with E-state index >= 15 is 0 Å².